The minimum absolute atomic E-state index is 0. The number of ether oxygens (including phenoxy) is 1. The molecule has 1 aliphatic heterocycles. The van der Waals surface area contributed by atoms with Gasteiger partial charge in [0.1, 0.15) is 0 Å². The average Bonchev–Trinajstić information content (AvgIpc) is 2.05. The molecule has 11 heavy (non-hydrogen) atoms. The predicted molar refractivity (Wildman–Crippen MR) is 49.8 cm³/mol. The van der Waals surface area contributed by atoms with Crippen molar-refractivity contribution in [1.82, 2.24) is 4.90 Å². The number of rotatable bonds is 2. The molecule has 68 valence electrons. The lowest BCUT2D eigenvalue weighted by atomic mass is 10.3. The fraction of sp³-hybridized carbons (Fsp3) is 1.00. The molecule has 1 saturated heterocycles. The first kappa shape index (κ1) is 11.5. The fourth-order valence-electron chi connectivity index (χ4n) is 1.12. The van der Waals surface area contributed by atoms with Gasteiger partial charge in [0.15, 0.2) is 0 Å². The van der Waals surface area contributed by atoms with Gasteiger partial charge in [0.05, 0.1) is 13.2 Å². The summed E-state index contributed by atoms with van der Waals surface area (Å²) < 4.78 is 5.21. The summed E-state index contributed by atoms with van der Waals surface area (Å²) in [7, 11) is 0. The second kappa shape index (κ2) is 6.06. The normalized spacial score (nSPS) is 22.4. The van der Waals surface area contributed by atoms with Crippen LogP contribution in [0.15, 0.2) is 0 Å². The highest BCUT2D eigenvalue weighted by Crippen LogP contribution is 2.04. The summed E-state index contributed by atoms with van der Waals surface area (Å²) in [6.07, 6.45) is 0. The van der Waals surface area contributed by atoms with Crippen molar-refractivity contribution in [3.05, 3.63) is 0 Å². The lowest BCUT2D eigenvalue weighted by Gasteiger charge is -2.30. The molecule has 0 unspecified atom stereocenters. The first-order valence-corrected chi connectivity index (χ1v) is 4.26. The largest absolute Gasteiger partial charge is 0.379 e. The molecule has 1 aliphatic rings. The Balaban J connectivity index is 0.000001000. The van der Waals surface area contributed by atoms with E-state index in [1.807, 2.05) is 0 Å². The van der Waals surface area contributed by atoms with Gasteiger partial charge in [-0.3, -0.25) is 4.90 Å². The van der Waals surface area contributed by atoms with Gasteiger partial charge in [0.25, 0.3) is 0 Å². The molecule has 0 aliphatic carbocycles. The molecule has 1 fully saturated rings. The first-order valence-electron chi connectivity index (χ1n) is 3.72. The standard InChI is InChI=1S/C7H14ClNO.ClH/c1-7(6-8)9-2-4-10-5-3-9;/h7H,2-6H2,1H3;1H/t7-;/m1./s1. The number of hydrogen-bond donors (Lipinski definition) is 0. The highest BCUT2D eigenvalue weighted by atomic mass is 35.5. The Morgan fingerprint density at radius 3 is 2.45 bits per heavy atom. The quantitative estimate of drug-likeness (QED) is 0.624. The van der Waals surface area contributed by atoms with Gasteiger partial charge in [0, 0.05) is 25.0 Å². The van der Waals surface area contributed by atoms with E-state index >= 15 is 0 Å². The van der Waals surface area contributed by atoms with Crippen LogP contribution in [-0.2, 0) is 4.74 Å². The summed E-state index contributed by atoms with van der Waals surface area (Å²) >= 11 is 5.70. The third-order valence-electron chi connectivity index (χ3n) is 1.89. The molecule has 1 atom stereocenters. The SMILES string of the molecule is C[C@H](CCl)N1CCOCC1.Cl. The maximum atomic E-state index is 5.70. The van der Waals surface area contributed by atoms with Crippen LogP contribution in [0.4, 0.5) is 0 Å². The van der Waals surface area contributed by atoms with Crippen molar-refractivity contribution in [2.45, 2.75) is 13.0 Å². The zero-order valence-corrected chi connectivity index (χ0v) is 8.33. The lowest BCUT2D eigenvalue weighted by molar-refractivity contribution is 0.0244. The van der Waals surface area contributed by atoms with Gasteiger partial charge >= 0.3 is 0 Å². The van der Waals surface area contributed by atoms with E-state index in [2.05, 4.69) is 11.8 Å². The molecular weight excluding hydrogens is 185 g/mol. The van der Waals surface area contributed by atoms with E-state index in [1.54, 1.807) is 0 Å². The molecule has 0 saturated carbocycles. The van der Waals surface area contributed by atoms with Crippen LogP contribution in [0.5, 0.6) is 0 Å². The second-order valence-corrected chi connectivity index (χ2v) is 2.96. The van der Waals surface area contributed by atoms with E-state index in [9.17, 15) is 0 Å². The highest BCUT2D eigenvalue weighted by Gasteiger charge is 2.15. The van der Waals surface area contributed by atoms with Gasteiger partial charge < -0.3 is 4.74 Å². The summed E-state index contributed by atoms with van der Waals surface area (Å²) in [5.74, 6) is 0.722. The van der Waals surface area contributed by atoms with Crippen LogP contribution < -0.4 is 0 Å². The molecule has 0 N–H and O–H groups in total. The molecule has 2 nitrogen and oxygen atoms in total. The van der Waals surface area contributed by atoms with Crippen LogP contribution in [0.2, 0.25) is 0 Å². The Hall–Kier alpha value is 0.500. The van der Waals surface area contributed by atoms with Gasteiger partial charge in [-0.1, -0.05) is 0 Å². The van der Waals surface area contributed by atoms with Crippen LogP contribution in [0.25, 0.3) is 0 Å². The molecular formula is C7H15Cl2NO. The minimum Gasteiger partial charge on any atom is -0.379 e. The molecule has 1 rings (SSSR count). The number of alkyl halides is 1. The maximum absolute atomic E-state index is 5.70. The Kier molecular flexibility index (Phi) is 6.34. The summed E-state index contributed by atoms with van der Waals surface area (Å²) in [5, 5.41) is 0. The van der Waals surface area contributed by atoms with Crippen molar-refractivity contribution in [1.29, 1.82) is 0 Å². The van der Waals surface area contributed by atoms with Gasteiger partial charge in [0.2, 0.25) is 0 Å². The number of hydrogen-bond acceptors (Lipinski definition) is 2. The van der Waals surface area contributed by atoms with Crippen molar-refractivity contribution >= 4 is 24.0 Å². The van der Waals surface area contributed by atoms with Crippen molar-refractivity contribution in [3.8, 4) is 0 Å². The van der Waals surface area contributed by atoms with Gasteiger partial charge in [-0.05, 0) is 6.92 Å². The van der Waals surface area contributed by atoms with Gasteiger partial charge in [-0.25, -0.2) is 0 Å². The minimum atomic E-state index is 0. The van der Waals surface area contributed by atoms with E-state index in [-0.39, 0.29) is 12.4 Å². The van der Waals surface area contributed by atoms with Crippen molar-refractivity contribution in [2.24, 2.45) is 0 Å². The van der Waals surface area contributed by atoms with Crippen molar-refractivity contribution in [3.63, 3.8) is 0 Å². The van der Waals surface area contributed by atoms with Crippen molar-refractivity contribution < 1.29 is 4.74 Å². The average molecular weight is 200 g/mol. The second-order valence-electron chi connectivity index (χ2n) is 2.65. The first-order chi connectivity index (χ1) is 4.84. The molecule has 0 spiro atoms. The molecule has 0 bridgehead atoms. The van der Waals surface area contributed by atoms with Crippen LogP contribution in [0.3, 0.4) is 0 Å². The topological polar surface area (TPSA) is 12.5 Å². The summed E-state index contributed by atoms with van der Waals surface area (Å²) in [6.45, 7) is 5.95. The van der Waals surface area contributed by atoms with Gasteiger partial charge in [-0.2, -0.15) is 0 Å². The Morgan fingerprint density at radius 1 is 1.45 bits per heavy atom. The molecule has 0 aromatic heterocycles. The fourth-order valence-corrected chi connectivity index (χ4v) is 1.31. The van der Waals surface area contributed by atoms with E-state index in [0.717, 1.165) is 32.2 Å². The van der Waals surface area contributed by atoms with E-state index in [4.69, 9.17) is 16.3 Å². The van der Waals surface area contributed by atoms with Gasteiger partial charge in [-0.15, -0.1) is 24.0 Å². The number of nitrogens with zero attached hydrogens (tertiary/aromatic N) is 1. The zero-order chi connectivity index (χ0) is 7.40. The van der Waals surface area contributed by atoms with Crippen LogP contribution in [0.1, 0.15) is 6.92 Å². The molecule has 0 aromatic rings. The molecule has 0 aromatic carbocycles. The summed E-state index contributed by atoms with van der Waals surface area (Å²) in [6, 6.07) is 0.505. The smallest absolute Gasteiger partial charge is 0.0594 e. The Labute approximate surface area is 79.3 Å². The van der Waals surface area contributed by atoms with Crippen LogP contribution >= 0.6 is 24.0 Å². The Bertz CT molecular complexity index is 96.4. The van der Waals surface area contributed by atoms with Crippen molar-refractivity contribution in [2.75, 3.05) is 32.2 Å². The molecule has 4 heteroatoms. The Morgan fingerprint density at radius 2 is 2.00 bits per heavy atom. The van der Waals surface area contributed by atoms with E-state index in [1.165, 1.54) is 0 Å². The van der Waals surface area contributed by atoms with Crippen LogP contribution in [-0.4, -0.2) is 43.1 Å². The third-order valence-corrected chi connectivity index (χ3v) is 2.34. The molecule has 0 radical (unpaired) electrons. The molecule has 1 heterocycles. The third kappa shape index (κ3) is 3.61. The number of halogens is 2. The molecule has 0 amide bonds. The van der Waals surface area contributed by atoms with Crippen LogP contribution in [0, 0.1) is 0 Å². The van der Waals surface area contributed by atoms with E-state index in [0.29, 0.717) is 6.04 Å². The zero-order valence-electron chi connectivity index (χ0n) is 6.75. The number of morpholine rings is 1. The predicted octanol–water partition coefficient (Wildman–Crippen LogP) is 1.37. The summed E-state index contributed by atoms with van der Waals surface area (Å²) in [5.41, 5.74) is 0. The summed E-state index contributed by atoms with van der Waals surface area (Å²) in [4.78, 5) is 2.36. The lowest BCUT2D eigenvalue weighted by Crippen LogP contribution is -2.42. The monoisotopic (exact) mass is 199 g/mol. The maximum Gasteiger partial charge on any atom is 0.0594 e. The highest BCUT2D eigenvalue weighted by molar-refractivity contribution is 6.18. The van der Waals surface area contributed by atoms with E-state index < -0.39 is 0 Å².